The lowest BCUT2D eigenvalue weighted by atomic mass is 10.1. The van der Waals surface area contributed by atoms with Crippen LogP contribution >= 0.6 is 35.0 Å². The van der Waals surface area contributed by atoms with Crippen LogP contribution < -0.4 is 0 Å². The smallest absolute Gasteiger partial charge is 0.274 e. The minimum atomic E-state index is -3.17. The molecule has 1 aliphatic rings. The number of amides is 1. The second kappa shape index (κ2) is 9.64. The quantitative estimate of drug-likeness (QED) is 0.444. The van der Waals surface area contributed by atoms with Crippen LogP contribution in [0.3, 0.4) is 0 Å². The molecule has 6 nitrogen and oxygen atoms in total. The number of thioether (sulfide) groups is 1. The Labute approximate surface area is 184 Å². The first-order chi connectivity index (χ1) is 13.8. The van der Waals surface area contributed by atoms with Gasteiger partial charge in [0.25, 0.3) is 5.91 Å². The summed E-state index contributed by atoms with van der Waals surface area (Å²) < 4.78 is 24.1. The zero-order valence-corrected chi connectivity index (χ0v) is 19.0. The molecular formula is C19H21Cl2N3O3S2. The summed E-state index contributed by atoms with van der Waals surface area (Å²) in [5.41, 5.74) is 0.941. The standard InChI is InChI=1S/C19H21Cl2N3O3S2/c1-2-8-28-19-22-10-16(21)17(23-19)18(25)24(15-7-9-29(26,27)12-15)11-13-3-5-14(20)6-4-13/h3-6,10,15H,2,7-9,11-12H2,1H3/t15-/m1/s1. The first-order valence-electron chi connectivity index (χ1n) is 9.20. The summed E-state index contributed by atoms with van der Waals surface area (Å²) in [6.45, 7) is 2.29. The molecule has 0 saturated carbocycles. The van der Waals surface area contributed by atoms with Crippen molar-refractivity contribution in [1.82, 2.24) is 14.9 Å². The highest BCUT2D eigenvalue weighted by atomic mass is 35.5. The Hall–Kier alpha value is -1.35. The molecule has 0 N–H and O–H groups in total. The lowest BCUT2D eigenvalue weighted by Gasteiger charge is -2.28. The van der Waals surface area contributed by atoms with Gasteiger partial charge in [0.1, 0.15) is 0 Å². The fraction of sp³-hybridized carbons (Fsp3) is 0.421. The molecule has 1 fully saturated rings. The maximum Gasteiger partial charge on any atom is 0.274 e. The molecule has 1 aromatic heterocycles. The zero-order valence-electron chi connectivity index (χ0n) is 15.8. The first kappa shape index (κ1) is 22.3. The van der Waals surface area contributed by atoms with Crippen molar-refractivity contribution >= 4 is 50.7 Å². The van der Waals surface area contributed by atoms with Gasteiger partial charge >= 0.3 is 0 Å². The van der Waals surface area contributed by atoms with Gasteiger partial charge in [0.05, 0.1) is 22.7 Å². The zero-order chi connectivity index (χ0) is 21.0. The lowest BCUT2D eigenvalue weighted by Crippen LogP contribution is -2.41. The highest BCUT2D eigenvalue weighted by Crippen LogP contribution is 2.26. The van der Waals surface area contributed by atoms with E-state index in [1.165, 1.54) is 18.0 Å². The summed E-state index contributed by atoms with van der Waals surface area (Å²) in [6, 6.07) is 6.68. The molecule has 2 heterocycles. The summed E-state index contributed by atoms with van der Waals surface area (Å²) in [5, 5.41) is 1.22. The Kier molecular flexibility index (Phi) is 7.42. The van der Waals surface area contributed by atoms with Crippen LogP contribution in [0.2, 0.25) is 10.0 Å². The average Bonchev–Trinajstić information content (AvgIpc) is 3.06. The number of carbonyl (C=O) groups is 1. The minimum Gasteiger partial charge on any atom is -0.329 e. The van der Waals surface area contributed by atoms with E-state index in [2.05, 4.69) is 9.97 Å². The molecule has 2 aromatic rings. The van der Waals surface area contributed by atoms with E-state index in [1.54, 1.807) is 17.0 Å². The molecule has 0 spiro atoms. The van der Waals surface area contributed by atoms with Gasteiger partial charge in [0.15, 0.2) is 20.7 Å². The van der Waals surface area contributed by atoms with E-state index in [0.717, 1.165) is 17.7 Å². The van der Waals surface area contributed by atoms with Gasteiger partial charge < -0.3 is 4.90 Å². The van der Waals surface area contributed by atoms with Crippen molar-refractivity contribution in [2.45, 2.75) is 37.5 Å². The number of hydrogen-bond acceptors (Lipinski definition) is 6. The molecule has 1 saturated heterocycles. The molecule has 0 aliphatic carbocycles. The van der Waals surface area contributed by atoms with Gasteiger partial charge in [-0.05, 0) is 30.5 Å². The second-order valence-electron chi connectivity index (χ2n) is 6.81. The first-order valence-corrected chi connectivity index (χ1v) is 12.8. The number of aromatic nitrogens is 2. The van der Waals surface area contributed by atoms with Crippen LogP contribution in [0, 0.1) is 0 Å². The second-order valence-corrected chi connectivity index (χ2v) is 10.9. The lowest BCUT2D eigenvalue weighted by molar-refractivity contribution is 0.0674. The van der Waals surface area contributed by atoms with Crippen LogP contribution in [0.1, 0.15) is 35.8 Å². The van der Waals surface area contributed by atoms with Gasteiger partial charge in [-0.1, -0.05) is 54.0 Å². The Morgan fingerprint density at radius 2 is 2.00 bits per heavy atom. The Morgan fingerprint density at radius 3 is 2.62 bits per heavy atom. The normalized spacial score (nSPS) is 18.0. The number of benzene rings is 1. The molecule has 1 atom stereocenters. The van der Waals surface area contributed by atoms with Crippen LogP contribution in [0.4, 0.5) is 0 Å². The van der Waals surface area contributed by atoms with Gasteiger partial charge in [-0.25, -0.2) is 18.4 Å². The fourth-order valence-electron chi connectivity index (χ4n) is 3.07. The van der Waals surface area contributed by atoms with Crippen molar-refractivity contribution in [3.63, 3.8) is 0 Å². The van der Waals surface area contributed by atoms with Crippen LogP contribution in [-0.4, -0.2) is 52.5 Å². The van der Waals surface area contributed by atoms with Crippen molar-refractivity contribution < 1.29 is 13.2 Å². The van der Waals surface area contributed by atoms with Gasteiger partial charge in [-0.2, -0.15) is 0 Å². The summed E-state index contributed by atoms with van der Waals surface area (Å²) in [4.78, 5) is 23.5. The molecule has 0 radical (unpaired) electrons. The maximum absolute atomic E-state index is 13.4. The van der Waals surface area contributed by atoms with Crippen molar-refractivity contribution in [1.29, 1.82) is 0 Å². The third-order valence-electron chi connectivity index (χ3n) is 4.54. The third kappa shape index (κ3) is 5.84. The van der Waals surface area contributed by atoms with E-state index in [1.807, 2.05) is 19.1 Å². The molecule has 3 rings (SSSR count). The van der Waals surface area contributed by atoms with Crippen molar-refractivity contribution in [3.05, 3.63) is 51.8 Å². The van der Waals surface area contributed by atoms with E-state index in [-0.39, 0.29) is 28.8 Å². The number of carbonyl (C=O) groups excluding carboxylic acids is 1. The molecule has 1 aliphatic heterocycles. The SMILES string of the molecule is CCCSc1ncc(Cl)c(C(=O)N(Cc2ccc(Cl)cc2)[C@@H]2CCS(=O)(=O)C2)n1. The topological polar surface area (TPSA) is 80.2 Å². The molecular weight excluding hydrogens is 453 g/mol. The van der Waals surface area contributed by atoms with Gasteiger partial charge in [0.2, 0.25) is 0 Å². The number of sulfone groups is 1. The van der Waals surface area contributed by atoms with E-state index in [0.29, 0.717) is 16.6 Å². The Bertz CT molecular complexity index is 985. The van der Waals surface area contributed by atoms with Crippen LogP contribution in [0.25, 0.3) is 0 Å². The third-order valence-corrected chi connectivity index (χ3v) is 7.88. The molecule has 0 unspecified atom stereocenters. The predicted octanol–water partition coefficient (Wildman–Crippen LogP) is 4.12. The van der Waals surface area contributed by atoms with Crippen LogP contribution in [0.15, 0.2) is 35.6 Å². The predicted molar refractivity (Wildman–Crippen MR) is 116 cm³/mol. The molecule has 0 bridgehead atoms. The van der Waals surface area contributed by atoms with E-state index < -0.39 is 21.8 Å². The van der Waals surface area contributed by atoms with Gasteiger partial charge in [0, 0.05) is 23.4 Å². The molecule has 156 valence electrons. The van der Waals surface area contributed by atoms with Crippen molar-refractivity contribution in [2.75, 3.05) is 17.3 Å². The van der Waals surface area contributed by atoms with Crippen molar-refractivity contribution in [2.24, 2.45) is 0 Å². The molecule has 29 heavy (non-hydrogen) atoms. The number of nitrogens with zero attached hydrogens (tertiary/aromatic N) is 3. The number of hydrogen-bond donors (Lipinski definition) is 0. The molecule has 1 amide bonds. The van der Waals surface area contributed by atoms with E-state index in [4.69, 9.17) is 23.2 Å². The van der Waals surface area contributed by atoms with E-state index >= 15 is 0 Å². The average molecular weight is 474 g/mol. The summed E-state index contributed by atoms with van der Waals surface area (Å²) >= 11 is 13.6. The summed E-state index contributed by atoms with van der Waals surface area (Å²) in [7, 11) is -3.17. The van der Waals surface area contributed by atoms with Gasteiger partial charge in [-0.15, -0.1) is 0 Å². The highest BCUT2D eigenvalue weighted by molar-refractivity contribution is 7.99. The monoisotopic (exact) mass is 473 g/mol. The van der Waals surface area contributed by atoms with Crippen molar-refractivity contribution in [3.8, 4) is 0 Å². The molecule has 1 aromatic carbocycles. The molecule has 10 heteroatoms. The largest absolute Gasteiger partial charge is 0.329 e. The maximum atomic E-state index is 13.4. The minimum absolute atomic E-state index is 0.0630. The summed E-state index contributed by atoms with van der Waals surface area (Å²) in [6.07, 6.45) is 2.76. The van der Waals surface area contributed by atoms with E-state index in [9.17, 15) is 13.2 Å². The van der Waals surface area contributed by atoms with Crippen LogP contribution in [0.5, 0.6) is 0 Å². The van der Waals surface area contributed by atoms with Crippen LogP contribution in [-0.2, 0) is 16.4 Å². The van der Waals surface area contributed by atoms with Gasteiger partial charge in [-0.3, -0.25) is 4.79 Å². The number of halogens is 2. The highest BCUT2D eigenvalue weighted by Gasteiger charge is 2.36. The summed E-state index contributed by atoms with van der Waals surface area (Å²) in [5.74, 6) is 0.432. The Morgan fingerprint density at radius 1 is 1.28 bits per heavy atom. The Balaban J connectivity index is 1.92. The fourth-order valence-corrected chi connectivity index (χ4v) is 5.77. The number of rotatable bonds is 7.